The zero-order valence-electron chi connectivity index (χ0n) is 10.7. The third-order valence-corrected chi connectivity index (χ3v) is 3.03. The van der Waals surface area contributed by atoms with E-state index in [0.29, 0.717) is 18.2 Å². The van der Waals surface area contributed by atoms with Gasteiger partial charge >= 0.3 is 0 Å². The molecule has 0 saturated carbocycles. The molecule has 0 aliphatic carbocycles. The van der Waals surface area contributed by atoms with Crippen LogP contribution in [0.2, 0.25) is 5.02 Å². The second kappa shape index (κ2) is 6.84. The summed E-state index contributed by atoms with van der Waals surface area (Å²) in [5, 5.41) is 11.8. The number of aliphatic hydroxyl groups excluding tert-OH is 1. The maximum absolute atomic E-state index is 9.10. The summed E-state index contributed by atoms with van der Waals surface area (Å²) >= 11 is 6.19. The van der Waals surface area contributed by atoms with E-state index in [1.807, 2.05) is 31.3 Å². The summed E-state index contributed by atoms with van der Waals surface area (Å²) in [6.45, 7) is 7.84. The van der Waals surface area contributed by atoms with Crippen LogP contribution in [-0.4, -0.2) is 30.9 Å². The number of benzene rings is 1. The van der Waals surface area contributed by atoms with Gasteiger partial charge in [-0.15, -0.1) is 0 Å². The summed E-state index contributed by atoms with van der Waals surface area (Å²) in [5.74, 6) is 0.775. The Balaban J connectivity index is 2.44. The fourth-order valence-electron chi connectivity index (χ4n) is 1.53. The minimum Gasteiger partial charge on any atom is -0.486 e. The van der Waals surface area contributed by atoms with Crippen molar-refractivity contribution in [3.8, 4) is 5.75 Å². The Hall–Kier alpha value is -0.770. The number of rotatable bonds is 6. The number of aliphatic hydroxyl groups is 1. The molecule has 0 fully saturated rings. The molecule has 0 aliphatic rings. The number of aryl methyl sites for hydroxylation is 2. The van der Waals surface area contributed by atoms with Crippen LogP contribution in [0.15, 0.2) is 12.1 Å². The molecule has 0 unspecified atom stereocenters. The highest BCUT2D eigenvalue weighted by atomic mass is 35.5. The molecule has 4 heteroatoms. The van der Waals surface area contributed by atoms with E-state index in [9.17, 15) is 0 Å². The lowest BCUT2D eigenvalue weighted by Crippen LogP contribution is -2.87. The summed E-state index contributed by atoms with van der Waals surface area (Å²) in [7, 11) is 0. The van der Waals surface area contributed by atoms with E-state index in [-0.39, 0.29) is 6.10 Å². The van der Waals surface area contributed by atoms with Crippen molar-refractivity contribution in [1.82, 2.24) is 0 Å². The minimum atomic E-state index is -0.278. The fourth-order valence-corrected chi connectivity index (χ4v) is 1.80. The molecule has 3 N–H and O–H groups in total. The number of nitrogens with two attached hydrogens (primary N) is 1. The van der Waals surface area contributed by atoms with Crippen LogP contribution >= 0.6 is 11.6 Å². The van der Waals surface area contributed by atoms with Crippen LogP contribution in [0.25, 0.3) is 0 Å². The van der Waals surface area contributed by atoms with Gasteiger partial charge in [0.1, 0.15) is 25.4 Å². The Bertz CT molecular complexity index is 367. The lowest BCUT2D eigenvalue weighted by atomic mass is 10.1. The third kappa shape index (κ3) is 4.54. The number of halogens is 1. The monoisotopic (exact) mass is 258 g/mol. The third-order valence-electron chi connectivity index (χ3n) is 2.56. The van der Waals surface area contributed by atoms with Crippen LogP contribution < -0.4 is 10.1 Å². The molecule has 0 saturated heterocycles. The molecule has 0 aliphatic heterocycles. The first kappa shape index (κ1) is 14.3. The molecule has 0 aromatic heterocycles. The molecule has 1 rings (SSSR count). The predicted octanol–water partition coefficient (Wildman–Crippen LogP) is 1.28. The van der Waals surface area contributed by atoms with Crippen LogP contribution in [-0.2, 0) is 0 Å². The minimum absolute atomic E-state index is 0.278. The second-order valence-electron chi connectivity index (χ2n) is 4.35. The standard InChI is InChI=1S/C13H20ClNO2/c1-9-4-5-10(2)13(12(9)14)17-7-6-15-8-11(3)16/h4-5,11,15-16H,6-8H2,1-3H3/p+1/t11-/m1/s1. The Morgan fingerprint density at radius 2 is 2.00 bits per heavy atom. The lowest BCUT2D eigenvalue weighted by Gasteiger charge is -2.12. The highest BCUT2D eigenvalue weighted by Gasteiger charge is 2.08. The van der Waals surface area contributed by atoms with Crippen molar-refractivity contribution < 1.29 is 15.2 Å². The number of ether oxygens (including phenoxy) is 1. The molecule has 1 atom stereocenters. The Labute approximate surface area is 108 Å². The number of quaternary nitrogens is 1. The van der Waals surface area contributed by atoms with Crippen molar-refractivity contribution in [1.29, 1.82) is 0 Å². The fraction of sp³-hybridized carbons (Fsp3) is 0.538. The van der Waals surface area contributed by atoms with Crippen LogP contribution in [0.1, 0.15) is 18.1 Å². The molecule has 96 valence electrons. The summed E-state index contributed by atoms with van der Waals surface area (Å²) < 4.78 is 5.69. The average molecular weight is 259 g/mol. The molecule has 17 heavy (non-hydrogen) atoms. The summed E-state index contributed by atoms with van der Waals surface area (Å²) in [6, 6.07) is 4.00. The number of hydrogen-bond acceptors (Lipinski definition) is 2. The zero-order valence-corrected chi connectivity index (χ0v) is 11.4. The first-order valence-electron chi connectivity index (χ1n) is 5.90. The first-order chi connectivity index (χ1) is 8.02. The van der Waals surface area contributed by atoms with E-state index < -0.39 is 0 Å². The van der Waals surface area contributed by atoms with Crippen molar-refractivity contribution in [2.75, 3.05) is 19.7 Å². The summed E-state index contributed by atoms with van der Waals surface area (Å²) in [4.78, 5) is 0. The molecule has 0 radical (unpaired) electrons. The van der Waals surface area contributed by atoms with Gasteiger partial charge in [0.25, 0.3) is 0 Å². The van der Waals surface area contributed by atoms with E-state index in [1.54, 1.807) is 6.92 Å². The van der Waals surface area contributed by atoms with Gasteiger partial charge in [-0.05, 0) is 31.9 Å². The Morgan fingerprint density at radius 1 is 1.35 bits per heavy atom. The maximum atomic E-state index is 9.10. The average Bonchev–Trinajstić information content (AvgIpc) is 2.27. The van der Waals surface area contributed by atoms with Gasteiger partial charge in [-0.2, -0.15) is 0 Å². The van der Waals surface area contributed by atoms with Gasteiger partial charge in [-0.25, -0.2) is 0 Å². The predicted molar refractivity (Wildman–Crippen MR) is 69.8 cm³/mol. The van der Waals surface area contributed by atoms with E-state index in [1.165, 1.54) is 0 Å². The summed E-state index contributed by atoms with van der Waals surface area (Å²) in [6.07, 6.45) is -0.278. The van der Waals surface area contributed by atoms with Gasteiger partial charge in [-0.1, -0.05) is 23.7 Å². The van der Waals surface area contributed by atoms with Gasteiger partial charge in [-0.3, -0.25) is 0 Å². The highest BCUT2D eigenvalue weighted by molar-refractivity contribution is 6.32. The molecule has 0 spiro atoms. The van der Waals surface area contributed by atoms with Crippen LogP contribution in [0.3, 0.4) is 0 Å². The molecule has 0 bridgehead atoms. The molecule has 0 heterocycles. The van der Waals surface area contributed by atoms with Crippen molar-refractivity contribution in [3.05, 3.63) is 28.3 Å². The van der Waals surface area contributed by atoms with Crippen LogP contribution in [0, 0.1) is 13.8 Å². The smallest absolute Gasteiger partial charge is 0.141 e. The lowest BCUT2D eigenvalue weighted by molar-refractivity contribution is -0.661. The van der Waals surface area contributed by atoms with Crippen molar-refractivity contribution in [2.45, 2.75) is 26.9 Å². The van der Waals surface area contributed by atoms with Gasteiger partial charge < -0.3 is 15.2 Å². The van der Waals surface area contributed by atoms with Gasteiger partial charge in [0, 0.05) is 0 Å². The van der Waals surface area contributed by atoms with Gasteiger partial charge in [0.05, 0.1) is 11.1 Å². The molecular formula is C13H21ClNO2+. The molecule has 0 amide bonds. The number of hydrogen-bond donors (Lipinski definition) is 2. The van der Waals surface area contributed by atoms with Crippen molar-refractivity contribution in [3.63, 3.8) is 0 Å². The van der Waals surface area contributed by atoms with Crippen molar-refractivity contribution in [2.24, 2.45) is 0 Å². The molecular weight excluding hydrogens is 238 g/mol. The normalized spacial score (nSPS) is 12.5. The molecule has 3 nitrogen and oxygen atoms in total. The van der Waals surface area contributed by atoms with E-state index >= 15 is 0 Å². The zero-order chi connectivity index (χ0) is 12.8. The topological polar surface area (TPSA) is 46.1 Å². The molecule has 1 aromatic rings. The summed E-state index contributed by atoms with van der Waals surface area (Å²) in [5.41, 5.74) is 2.08. The second-order valence-corrected chi connectivity index (χ2v) is 4.73. The van der Waals surface area contributed by atoms with Crippen LogP contribution in [0.5, 0.6) is 5.75 Å². The van der Waals surface area contributed by atoms with E-state index in [0.717, 1.165) is 23.4 Å². The highest BCUT2D eigenvalue weighted by Crippen LogP contribution is 2.31. The SMILES string of the molecule is Cc1ccc(C)c(OCC[NH2+]C[C@@H](C)O)c1Cl. The largest absolute Gasteiger partial charge is 0.486 e. The molecule has 1 aromatic carbocycles. The van der Waals surface area contributed by atoms with Gasteiger partial charge in [0.2, 0.25) is 0 Å². The van der Waals surface area contributed by atoms with Crippen molar-refractivity contribution >= 4 is 11.6 Å². The Kier molecular flexibility index (Phi) is 5.75. The quantitative estimate of drug-likeness (QED) is 0.755. The maximum Gasteiger partial charge on any atom is 0.141 e. The van der Waals surface area contributed by atoms with Crippen LogP contribution in [0.4, 0.5) is 0 Å². The van der Waals surface area contributed by atoms with E-state index in [2.05, 4.69) is 0 Å². The van der Waals surface area contributed by atoms with E-state index in [4.69, 9.17) is 21.4 Å². The first-order valence-corrected chi connectivity index (χ1v) is 6.28. The Morgan fingerprint density at radius 3 is 2.65 bits per heavy atom. The van der Waals surface area contributed by atoms with Gasteiger partial charge in [0.15, 0.2) is 0 Å².